The third-order valence-electron chi connectivity index (χ3n) is 4.68. The summed E-state index contributed by atoms with van der Waals surface area (Å²) in [6, 6.07) is 6.96. The lowest BCUT2D eigenvalue weighted by Crippen LogP contribution is -2.07. The monoisotopic (exact) mass is 357 g/mol. The molecule has 0 unspecified atom stereocenters. The highest BCUT2D eigenvalue weighted by Gasteiger charge is 2.11. The van der Waals surface area contributed by atoms with Crippen molar-refractivity contribution in [2.24, 2.45) is 4.99 Å². The molecule has 2 aromatic rings. The summed E-state index contributed by atoms with van der Waals surface area (Å²) in [5.41, 5.74) is -0.0225. The van der Waals surface area contributed by atoms with Crippen LogP contribution in [-0.2, 0) is 0 Å². The van der Waals surface area contributed by atoms with Crippen LogP contribution in [-0.4, -0.2) is 17.9 Å². The van der Waals surface area contributed by atoms with Crippen molar-refractivity contribution in [2.75, 3.05) is 6.54 Å². The average Bonchev–Trinajstić information content (AvgIpc) is 2.65. The third kappa shape index (κ3) is 6.32. The molecule has 0 saturated heterocycles. The maximum absolute atomic E-state index is 12.0. The number of fused-ring (bicyclic) bond motifs is 1. The zero-order valence-electron chi connectivity index (χ0n) is 15.9. The van der Waals surface area contributed by atoms with Crippen LogP contribution in [0.4, 0.5) is 0 Å². The lowest BCUT2D eigenvalue weighted by molar-refractivity contribution is 0.466. The molecule has 0 fully saturated rings. The van der Waals surface area contributed by atoms with Gasteiger partial charge < -0.3 is 9.52 Å². The summed E-state index contributed by atoms with van der Waals surface area (Å²) in [6.07, 6.45) is 14.3. The molecule has 0 saturated carbocycles. The first-order chi connectivity index (χ1) is 12.7. The first kappa shape index (κ1) is 20.2. The Morgan fingerprint density at radius 3 is 2.27 bits per heavy atom. The van der Waals surface area contributed by atoms with Crippen LogP contribution in [0.3, 0.4) is 0 Å². The van der Waals surface area contributed by atoms with Crippen LogP contribution >= 0.6 is 0 Å². The Morgan fingerprint density at radius 1 is 0.962 bits per heavy atom. The molecule has 26 heavy (non-hydrogen) atoms. The molecular formula is C22H31NO3. The molecule has 0 atom stereocenters. The average molecular weight is 357 g/mol. The van der Waals surface area contributed by atoms with Crippen LogP contribution < -0.4 is 5.63 Å². The van der Waals surface area contributed by atoms with Gasteiger partial charge >= 0.3 is 5.63 Å². The van der Waals surface area contributed by atoms with Crippen LogP contribution in [0.5, 0.6) is 5.75 Å². The van der Waals surface area contributed by atoms with E-state index < -0.39 is 5.63 Å². The number of benzene rings is 1. The molecule has 0 radical (unpaired) electrons. The topological polar surface area (TPSA) is 62.8 Å². The smallest absolute Gasteiger partial charge is 0.348 e. The Morgan fingerprint density at radius 2 is 1.58 bits per heavy atom. The molecule has 1 N–H and O–H groups in total. The van der Waals surface area contributed by atoms with E-state index in [-0.39, 0.29) is 11.3 Å². The Bertz CT molecular complexity index is 749. The van der Waals surface area contributed by atoms with Crippen molar-refractivity contribution in [3.63, 3.8) is 0 Å². The highest BCUT2D eigenvalue weighted by atomic mass is 16.4. The maximum Gasteiger partial charge on any atom is 0.348 e. The van der Waals surface area contributed by atoms with Crippen LogP contribution in [0.1, 0.15) is 76.7 Å². The number of rotatable bonds is 12. The van der Waals surface area contributed by atoms with E-state index in [0.717, 1.165) is 12.8 Å². The minimum atomic E-state index is -0.548. The molecule has 2 rings (SSSR count). The molecule has 1 heterocycles. The molecule has 0 aliphatic carbocycles. The van der Waals surface area contributed by atoms with E-state index in [4.69, 9.17) is 4.42 Å². The van der Waals surface area contributed by atoms with Gasteiger partial charge in [-0.25, -0.2) is 4.79 Å². The second-order valence-corrected chi connectivity index (χ2v) is 6.87. The molecule has 0 spiro atoms. The van der Waals surface area contributed by atoms with Gasteiger partial charge in [-0.1, -0.05) is 76.8 Å². The minimum absolute atomic E-state index is 0.0522. The van der Waals surface area contributed by atoms with E-state index in [2.05, 4.69) is 11.9 Å². The van der Waals surface area contributed by atoms with E-state index in [9.17, 15) is 9.90 Å². The van der Waals surface area contributed by atoms with Gasteiger partial charge in [-0.05, 0) is 18.6 Å². The quantitative estimate of drug-likeness (QED) is 0.295. The molecule has 4 nitrogen and oxygen atoms in total. The first-order valence-corrected chi connectivity index (χ1v) is 9.98. The van der Waals surface area contributed by atoms with Crippen LogP contribution in [0.2, 0.25) is 0 Å². The normalized spacial score (nSPS) is 11.6. The van der Waals surface area contributed by atoms with Crippen molar-refractivity contribution in [1.82, 2.24) is 0 Å². The van der Waals surface area contributed by atoms with E-state index in [0.29, 0.717) is 17.5 Å². The number of hydrogen-bond donors (Lipinski definition) is 1. The number of hydrogen-bond acceptors (Lipinski definition) is 4. The van der Waals surface area contributed by atoms with Crippen molar-refractivity contribution in [3.05, 3.63) is 40.2 Å². The van der Waals surface area contributed by atoms with Crippen LogP contribution in [0.25, 0.3) is 11.0 Å². The van der Waals surface area contributed by atoms with Gasteiger partial charge in [0.1, 0.15) is 16.9 Å². The number of aromatic hydroxyl groups is 1. The summed E-state index contributed by atoms with van der Waals surface area (Å²) < 4.78 is 5.22. The van der Waals surface area contributed by atoms with Gasteiger partial charge in [-0.15, -0.1) is 0 Å². The number of unbranched alkanes of at least 4 members (excludes halogenated alkanes) is 9. The van der Waals surface area contributed by atoms with Gasteiger partial charge in [0.2, 0.25) is 0 Å². The second-order valence-electron chi connectivity index (χ2n) is 6.87. The predicted octanol–water partition coefficient (Wildman–Crippen LogP) is 5.84. The Balaban J connectivity index is 1.68. The fourth-order valence-electron chi connectivity index (χ4n) is 3.11. The molecule has 4 heteroatoms. The van der Waals surface area contributed by atoms with Gasteiger partial charge in [0, 0.05) is 12.8 Å². The minimum Gasteiger partial charge on any atom is -0.506 e. The summed E-state index contributed by atoms with van der Waals surface area (Å²) >= 11 is 0. The SMILES string of the molecule is CCCCCCCCCCCCN=Cc1c(O)c2ccccc2oc1=O. The number of aliphatic imine (C=N–C) groups is 1. The molecule has 0 bridgehead atoms. The first-order valence-electron chi connectivity index (χ1n) is 9.98. The van der Waals surface area contributed by atoms with Gasteiger partial charge in [0.25, 0.3) is 0 Å². The van der Waals surface area contributed by atoms with E-state index in [1.165, 1.54) is 57.6 Å². The van der Waals surface area contributed by atoms with E-state index in [1.54, 1.807) is 24.3 Å². The van der Waals surface area contributed by atoms with Gasteiger partial charge in [0.05, 0.1) is 5.39 Å². The lowest BCUT2D eigenvalue weighted by Gasteiger charge is -2.02. The summed E-state index contributed by atoms with van der Waals surface area (Å²) in [7, 11) is 0. The molecular weight excluding hydrogens is 326 g/mol. The fourth-order valence-corrected chi connectivity index (χ4v) is 3.11. The molecule has 1 aromatic heterocycles. The van der Waals surface area contributed by atoms with Crippen molar-refractivity contribution < 1.29 is 9.52 Å². The lowest BCUT2D eigenvalue weighted by atomic mass is 10.1. The summed E-state index contributed by atoms with van der Waals surface area (Å²) in [6.45, 7) is 2.92. The molecule has 142 valence electrons. The standard InChI is InChI=1S/C22H31NO3/c1-2-3-4-5-6-7-8-9-10-13-16-23-17-19-21(24)18-14-11-12-15-20(18)26-22(19)25/h11-12,14-15,17,24H,2-10,13,16H2,1H3. The fraction of sp³-hybridized carbons (Fsp3) is 0.545. The predicted molar refractivity (Wildman–Crippen MR) is 108 cm³/mol. The number of para-hydroxylation sites is 1. The number of nitrogens with zero attached hydrogens (tertiary/aromatic N) is 1. The highest BCUT2D eigenvalue weighted by Crippen LogP contribution is 2.24. The second kappa shape index (κ2) is 11.5. The Hall–Kier alpha value is -2.10. The largest absolute Gasteiger partial charge is 0.506 e. The van der Waals surface area contributed by atoms with Crippen molar-refractivity contribution in [1.29, 1.82) is 0 Å². The van der Waals surface area contributed by atoms with E-state index >= 15 is 0 Å². The Labute approximate surface area is 156 Å². The van der Waals surface area contributed by atoms with Crippen molar-refractivity contribution >= 4 is 17.2 Å². The summed E-state index contributed by atoms with van der Waals surface area (Å²) in [4.78, 5) is 16.3. The van der Waals surface area contributed by atoms with Gasteiger partial charge in [-0.3, -0.25) is 4.99 Å². The molecule has 0 amide bonds. The molecule has 0 aliphatic heterocycles. The van der Waals surface area contributed by atoms with Gasteiger partial charge in [-0.2, -0.15) is 0 Å². The zero-order chi connectivity index (χ0) is 18.6. The highest BCUT2D eigenvalue weighted by molar-refractivity contribution is 5.93. The zero-order valence-corrected chi connectivity index (χ0v) is 15.9. The van der Waals surface area contributed by atoms with Crippen LogP contribution in [0.15, 0.2) is 38.5 Å². The Kier molecular flexibility index (Phi) is 8.94. The van der Waals surface area contributed by atoms with Crippen molar-refractivity contribution in [2.45, 2.75) is 71.1 Å². The van der Waals surface area contributed by atoms with Gasteiger partial charge in [0.15, 0.2) is 0 Å². The maximum atomic E-state index is 12.0. The summed E-state index contributed by atoms with van der Waals surface area (Å²) in [5.74, 6) is -0.0522. The third-order valence-corrected chi connectivity index (χ3v) is 4.68. The van der Waals surface area contributed by atoms with E-state index in [1.807, 2.05) is 0 Å². The van der Waals surface area contributed by atoms with Crippen molar-refractivity contribution in [3.8, 4) is 5.75 Å². The molecule has 1 aromatic carbocycles. The molecule has 0 aliphatic rings. The van der Waals surface area contributed by atoms with Crippen LogP contribution in [0, 0.1) is 0 Å². The summed E-state index contributed by atoms with van der Waals surface area (Å²) in [5, 5.41) is 10.8.